The third kappa shape index (κ3) is 3.20. The van der Waals surface area contributed by atoms with Crippen molar-refractivity contribution in [2.24, 2.45) is 5.73 Å². The highest BCUT2D eigenvalue weighted by Gasteiger charge is 2.16. The zero-order valence-electron chi connectivity index (χ0n) is 11.5. The van der Waals surface area contributed by atoms with Crippen molar-refractivity contribution in [2.75, 3.05) is 21.3 Å². The molecule has 5 nitrogen and oxygen atoms in total. The lowest BCUT2D eigenvalue weighted by Crippen LogP contribution is -2.33. The van der Waals surface area contributed by atoms with E-state index in [9.17, 15) is 0 Å². The van der Waals surface area contributed by atoms with Gasteiger partial charge in [-0.2, -0.15) is 0 Å². The maximum atomic E-state index is 5.77. The average molecular weight is 255 g/mol. The Morgan fingerprint density at radius 1 is 0.944 bits per heavy atom. The molecule has 0 saturated carbocycles. The highest BCUT2D eigenvalue weighted by molar-refractivity contribution is 5.55. The van der Waals surface area contributed by atoms with Crippen LogP contribution in [0.4, 0.5) is 0 Å². The van der Waals surface area contributed by atoms with Gasteiger partial charge >= 0.3 is 0 Å². The predicted octanol–water partition coefficient (Wildman–Crippen LogP) is 1.83. The molecule has 0 fully saturated rings. The van der Waals surface area contributed by atoms with Crippen LogP contribution in [0.25, 0.3) is 0 Å². The fourth-order valence-electron chi connectivity index (χ4n) is 1.45. The molecule has 102 valence electrons. The van der Waals surface area contributed by atoms with Gasteiger partial charge in [0.15, 0.2) is 11.5 Å². The first kappa shape index (κ1) is 14.4. The van der Waals surface area contributed by atoms with E-state index in [0.29, 0.717) is 23.0 Å². The van der Waals surface area contributed by atoms with E-state index in [1.165, 1.54) is 0 Å². The number of nitrogens with two attached hydrogens (primary N) is 1. The van der Waals surface area contributed by atoms with Gasteiger partial charge in [-0.15, -0.1) is 0 Å². The van der Waals surface area contributed by atoms with Crippen molar-refractivity contribution >= 4 is 0 Å². The number of benzene rings is 1. The zero-order chi connectivity index (χ0) is 13.7. The van der Waals surface area contributed by atoms with E-state index in [1.807, 2.05) is 13.8 Å². The first-order valence-electron chi connectivity index (χ1n) is 5.75. The number of hydrogen-bond acceptors (Lipinski definition) is 5. The fraction of sp³-hybridized carbons (Fsp3) is 0.538. The number of rotatable bonds is 6. The summed E-state index contributed by atoms with van der Waals surface area (Å²) in [5.41, 5.74) is 5.77. The molecule has 0 aliphatic carbocycles. The van der Waals surface area contributed by atoms with Crippen molar-refractivity contribution in [3.63, 3.8) is 0 Å². The smallest absolute Gasteiger partial charge is 0.203 e. The fourth-order valence-corrected chi connectivity index (χ4v) is 1.45. The van der Waals surface area contributed by atoms with E-state index >= 15 is 0 Å². The predicted molar refractivity (Wildman–Crippen MR) is 69.8 cm³/mol. The van der Waals surface area contributed by atoms with Crippen LogP contribution in [0.1, 0.15) is 13.8 Å². The van der Waals surface area contributed by atoms with Crippen molar-refractivity contribution in [1.29, 1.82) is 0 Å². The Morgan fingerprint density at radius 2 is 1.44 bits per heavy atom. The molecule has 0 aliphatic heterocycles. The molecule has 2 atom stereocenters. The summed E-state index contributed by atoms with van der Waals surface area (Å²) in [6.07, 6.45) is -0.104. The van der Waals surface area contributed by atoms with Gasteiger partial charge in [-0.05, 0) is 13.8 Å². The van der Waals surface area contributed by atoms with Gasteiger partial charge in [-0.3, -0.25) is 0 Å². The van der Waals surface area contributed by atoms with Gasteiger partial charge < -0.3 is 24.7 Å². The summed E-state index contributed by atoms with van der Waals surface area (Å²) in [5, 5.41) is 0. The standard InChI is InChI=1S/C13H21NO4/c1-8(14)9(2)18-10-6-11(15-3)13(17-5)12(7-10)16-4/h6-9H,14H2,1-5H3/t8-,9?/m1/s1. The Kier molecular flexibility index (Phi) is 5.09. The summed E-state index contributed by atoms with van der Waals surface area (Å²) in [5.74, 6) is 2.29. The Balaban J connectivity index is 3.07. The molecule has 18 heavy (non-hydrogen) atoms. The Morgan fingerprint density at radius 3 is 1.78 bits per heavy atom. The minimum atomic E-state index is -0.104. The summed E-state index contributed by atoms with van der Waals surface area (Å²) in [7, 11) is 4.69. The number of methoxy groups -OCH3 is 3. The molecule has 1 aromatic rings. The molecule has 0 radical (unpaired) electrons. The third-order valence-corrected chi connectivity index (χ3v) is 2.70. The van der Waals surface area contributed by atoms with Crippen LogP contribution in [-0.2, 0) is 0 Å². The molecule has 1 aromatic carbocycles. The number of hydrogen-bond donors (Lipinski definition) is 1. The topological polar surface area (TPSA) is 62.9 Å². The summed E-state index contributed by atoms with van der Waals surface area (Å²) in [6, 6.07) is 3.43. The van der Waals surface area contributed by atoms with Crippen molar-refractivity contribution in [1.82, 2.24) is 0 Å². The minimum Gasteiger partial charge on any atom is -0.493 e. The van der Waals surface area contributed by atoms with Crippen LogP contribution in [0.3, 0.4) is 0 Å². The maximum absolute atomic E-state index is 5.77. The Labute approximate surface area is 108 Å². The van der Waals surface area contributed by atoms with Crippen LogP contribution in [0.15, 0.2) is 12.1 Å². The molecular weight excluding hydrogens is 234 g/mol. The van der Waals surface area contributed by atoms with Crippen molar-refractivity contribution in [3.05, 3.63) is 12.1 Å². The van der Waals surface area contributed by atoms with Crippen LogP contribution in [-0.4, -0.2) is 33.5 Å². The van der Waals surface area contributed by atoms with Crippen LogP contribution in [0.5, 0.6) is 23.0 Å². The zero-order valence-corrected chi connectivity index (χ0v) is 11.5. The average Bonchev–Trinajstić information content (AvgIpc) is 2.37. The monoisotopic (exact) mass is 255 g/mol. The quantitative estimate of drug-likeness (QED) is 0.840. The summed E-state index contributed by atoms with van der Waals surface area (Å²) in [4.78, 5) is 0. The summed E-state index contributed by atoms with van der Waals surface area (Å²) in [6.45, 7) is 3.80. The highest BCUT2D eigenvalue weighted by atomic mass is 16.5. The molecular formula is C13H21NO4. The second-order valence-corrected chi connectivity index (χ2v) is 4.04. The van der Waals surface area contributed by atoms with E-state index in [1.54, 1.807) is 33.5 Å². The molecule has 0 heterocycles. The molecule has 2 N–H and O–H groups in total. The minimum absolute atomic E-state index is 0.0657. The van der Waals surface area contributed by atoms with Gasteiger partial charge in [0.25, 0.3) is 0 Å². The summed E-state index contributed by atoms with van der Waals surface area (Å²) < 4.78 is 21.4. The van der Waals surface area contributed by atoms with Crippen molar-refractivity contribution in [3.8, 4) is 23.0 Å². The van der Waals surface area contributed by atoms with E-state index in [4.69, 9.17) is 24.7 Å². The lowest BCUT2D eigenvalue weighted by molar-refractivity contribution is 0.194. The van der Waals surface area contributed by atoms with Crippen LogP contribution in [0.2, 0.25) is 0 Å². The second-order valence-electron chi connectivity index (χ2n) is 4.04. The Hall–Kier alpha value is -1.62. The molecule has 0 spiro atoms. The van der Waals surface area contributed by atoms with E-state index < -0.39 is 0 Å². The van der Waals surface area contributed by atoms with Gasteiger partial charge in [-0.25, -0.2) is 0 Å². The number of ether oxygens (including phenoxy) is 4. The lowest BCUT2D eigenvalue weighted by atomic mass is 10.2. The van der Waals surface area contributed by atoms with E-state index in [0.717, 1.165) is 0 Å². The van der Waals surface area contributed by atoms with Gasteiger partial charge in [0.2, 0.25) is 5.75 Å². The molecule has 0 bridgehead atoms. The second kappa shape index (κ2) is 6.35. The first-order chi connectivity index (χ1) is 8.53. The molecule has 0 amide bonds. The normalized spacial score (nSPS) is 13.7. The van der Waals surface area contributed by atoms with Gasteiger partial charge in [0.1, 0.15) is 11.9 Å². The van der Waals surface area contributed by atoms with E-state index in [-0.39, 0.29) is 12.1 Å². The largest absolute Gasteiger partial charge is 0.493 e. The van der Waals surface area contributed by atoms with Gasteiger partial charge in [0.05, 0.1) is 21.3 Å². The van der Waals surface area contributed by atoms with E-state index in [2.05, 4.69) is 0 Å². The SMILES string of the molecule is COc1cc(OC(C)[C@@H](C)N)cc(OC)c1OC. The summed E-state index contributed by atoms with van der Waals surface area (Å²) >= 11 is 0. The first-order valence-corrected chi connectivity index (χ1v) is 5.75. The lowest BCUT2D eigenvalue weighted by Gasteiger charge is -2.20. The van der Waals surface area contributed by atoms with Gasteiger partial charge in [0, 0.05) is 18.2 Å². The molecule has 0 saturated heterocycles. The third-order valence-electron chi connectivity index (χ3n) is 2.70. The molecule has 1 rings (SSSR count). The van der Waals surface area contributed by atoms with Crippen LogP contribution < -0.4 is 24.7 Å². The van der Waals surface area contributed by atoms with Crippen molar-refractivity contribution < 1.29 is 18.9 Å². The van der Waals surface area contributed by atoms with Gasteiger partial charge in [-0.1, -0.05) is 0 Å². The molecule has 0 aliphatic rings. The molecule has 0 aromatic heterocycles. The van der Waals surface area contributed by atoms with Crippen molar-refractivity contribution in [2.45, 2.75) is 26.0 Å². The van der Waals surface area contributed by atoms with Crippen LogP contribution in [0, 0.1) is 0 Å². The molecule has 5 heteroatoms. The van der Waals surface area contributed by atoms with Crippen LogP contribution >= 0.6 is 0 Å². The highest BCUT2D eigenvalue weighted by Crippen LogP contribution is 2.41. The Bertz CT molecular complexity index is 368. The molecule has 1 unspecified atom stereocenters. The maximum Gasteiger partial charge on any atom is 0.203 e.